The second-order valence-corrected chi connectivity index (χ2v) is 4.17. The molecule has 0 aromatic heterocycles. The molecule has 0 saturated carbocycles. The maximum Gasteiger partial charge on any atom is 0.410 e. The van der Waals surface area contributed by atoms with E-state index in [0.717, 1.165) is 4.90 Å². The molecule has 14 heavy (non-hydrogen) atoms. The number of carbonyl (C=O) groups excluding carboxylic acids is 1. The molecule has 0 aliphatic carbocycles. The van der Waals surface area contributed by atoms with E-state index in [1.54, 1.807) is 20.8 Å². The van der Waals surface area contributed by atoms with Crippen molar-refractivity contribution in [2.45, 2.75) is 45.2 Å². The predicted octanol–water partition coefficient (Wildman–Crippen LogP) is 1.38. The minimum Gasteiger partial charge on any atom is -0.444 e. The lowest BCUT2D eigenvalue weighted by atomic mass is 10.2. The SMILES string of the molecule is [2H]C1C([2H])[C@@H](CO)N(C(=O)OC(C)(C)C)C1[2H]. The summed E-state index contributed by atoms with van der Waals surface area (Å²) in [5, 5.41) is 9.15. The van der Waals surface area contributed by atoms with Crippen LogP contribution in [0.5, 0.6) is 0 Å². The van der Waals surface area contributed by atoms with Gasteiger partial charge < -0.3 is 14.7 Å². The molecule has 1 aliphatic heterocycles. The van der Waals surface area contributed by atoms with Gasteiger partial charge in [0.1, 0.15) is 5.60 Å². The summed E-state index contributed by atoms with van der Waals surface area (Å²) in [5.74, 6) is 0. The predicted molar refractivity (Wildman–Crippen MR) is 53.0 cm³/mol. The first-order chi connectivity index (χ1) is 7.69. The Morgan fingerprint density at radius 3 is 2.86 bits per heavy atom. The Hall–Kier alpha value is -0.770. The second kappa shape index (κ2) is 4.17. The Labute approximate surface area is 89.1 Å². The van der Waals surface area contributed by atoms with Crippen LogP contribution in [0.4, 0.5) is 4.79 Å². The van der Waals surface area contributed by atoms with Crippen molar-refractivity contribution in [3.63, 3.8) is 0 Å². The van der Waals surface area contributed by atoms with Gasteiger partial charge in [-0.3, -0.25) is 0 Å². The highest BCUT2D eigenvalue weighted by molar-refractivity contribution is 5.68. The quantitative estimate of drug-likeness (QED) is 0.702. The first kappa shape index (κ1) is 7.51. The number of nitrogens with zero attached hydrogens (tertiary/aromatic N) is 1. The van der Waals surface area contributed by atoms with E-state index in [1.807, 2.05) is 0 Å². The molecule has 4 heteroatoms. The maximum atomic E-state index is 11.8. The summed E-state index contributed by atoms with van der Waals surface area (Å²) >= 11 is 0. The zero-order chi connectivity index (χ0) is 13.4. The first-order valence-electron chi connectivity index (χ1n) is 6.31. The minimum atomic E-state index is -1.16. The van der Waals surface area contributed by atoms with Crippen molar-refractivity contribution >= 4 is 6.09 Å². The lowest BCUT2D eigenvalue weighted by Crippen LogP contribution is -2.41. The molecular formula is C10H19NO3. The molecule has 1 rings (SSSR count). The molecule has 4 atom stereocenters. The number of aliphatic hydroxyl groups excluding tert-OH is 1. The number of hydrogen-bond acceptors (Lipinski definition) is 3. The van der Waals surface area contributed by atoms with Crippen molar-refractivity contribution in [1.82, 2.24) is 4.90 Å². The number of likely N-dealkylation sites (tertiary alicyclic amines) is 1. The van der Waals surface area contributed by atoms with Gasteiger partial charge >= 0.3 is 6.09 Å². The molecule has 4 nitrogen and oxygen atoms in total. The maximum absolute atomic E-state index is 11.8. The number of amides is 1. The number of hydrogen-bond donors (Lipinski definition) is 1. The fourth-order valence-electron chi connectivity index (χ4n) is 1.13. The zero-order valence-electron chi connectivity index (χ0n) is 11.7. The number of rotatable bonds is 1. The van der Waals surface area contributed by atoms with Gasteiger partial charge in [-0.25, -0.2) is 4.79 Å². The van der Waals surface area contributed by atoms with Crippen LogP contribution in [-0.4, -0.2) is 40.9 Å². The largest absolute Gasteiger partial charge is 0.444 e. The molecule has 0 radical (unpaired) electrons. The monoisotopic (exact) mass is 204 g/mol. The van der Waals surface area contributed by atoms with E-state index in [0.29, 0.717) is 0 Å². The van der Waals surface area contributed by atoms with Crippen molar-refractivity contribution in [2.75, 3.05) is 13.1 Å². The molecule has 1 heterocycles. The third-order valence-electron chi connectivity index (χ3n) is 1.73. The molecule has 82 valence electrons. The standard InChI is InChI=1S/C10H19NO3/c1-10(2,3)14-9(13)11-6-4-5-8(11)7-12/h8,12H,4-7H2,1-3H3/t8-/m0/s1/i4D,5D,6D/t4?,5?,6?,8-. The van der Waals surface area contributed by atoms with Gasteiger partial charge in [0.15, 0.2) is 0 Å². The van der Waals surface area contributed by atoms with Gasteiger partial charge in [0.05, 0.1) is 12.6 Å². The molecule has 0 aromatic carbocycles. The molecule has 0 aromatic rings. The molecule has 0 spiro atoms. The van der Waals surface area contributed by atoms with E-state index in [9.17, 15) is 4.79 Å². The molecule has 1 amide bonds. The van der Waals surface area contributed by atoms with Crippen molar-refractivity contribution in [3.05, 3.63) is 0 Å². The average molecular weight is 204 g/mol. The number of aliphatic hydroxyl groups is 1. The summed E-state index contributed by atoms with van der Waals surface area (Å²) in [6, 6.07) is -0.838. The smallest absolute Gasteiger partial charge is 0.410 e. The Morgan fingerprint density at radius 2 is 2.36 bits per heavy atom. The van der Waals surface area contributed by atoms with E-state index < -0.39 is 43.7 Å². The summed E-state index contributed by atoms with van der Waals surface area (Å²) in [5.41, 5.74) is -0.700. The van der Waals surface area contributed by atoms with E-state index in [1.165, 1.54) is 0 Å². The Balaban J connectivity index is 2.84. The van der Waals surface area contributed by atoms with Crippen LogP contribution < -0.4 is 0 Å². The molecule has 1 aliphatic rings. The van der Waals surface area contributed by atoms with Crippen LogP contribution in [0.2, 0.25) is 0 Å². The molecule has 3 unspecified atom stereocenters. The van der Waals surface area contributed by atoms with Gasteiger partial charge in [0.2, 0.25) is 0 Å². The van der Waals surface area contributed by atoms with Gasteiger partial charge in [-0.2, -0.15) is 0 Å². The Bertz CT molecular complexity index is 295. The van der Waals surface area contributed by atoms with Crippen molar-refractivity contribution < 1.29 is 18.8 Å². The first-order valence-corrected chi connectivity index (χ1v) is 4.58. The highest BCUT2D eigenvalue weighted by Crippen LogP contribution is 2.20. The third-order valence-corrected chi connectivity index (χ3v) is 1.73. The van der Waals surface area contributed by atoms with Gasteiger partial charge in [-0.05, 0) is 33.6 Å². The van der Waals surface area contributed by atoms with E-state index >= 15 is 0 Å². The van der Waals surface area contributed by atoms with Crippen molar-refractivity contribution in [3.8, 4) is 0 Å². The summed E-state index contributed by atoms with van der Waals surface area (Å²) in [7, 11) is 0. The van der Waals surface area contributed by atoms with Crippen LogP contribution in [0.1, 0.15) is 37.7 Å². The van der Waals surface area contributed by atoms with Crippen molar-refractivity contribution in [2.24, 2.45) is 0 Å². The van der Waals surface area contributed by atoms with Crippen LogP contribution in [0.25, 0.3) is 0 Å². The normalized spacial score (nSPS) is 41.4. The summed E-state index contributed by atoms with van der Waals surface area (Å²) in [6.45, 7) is 3.50. The fraction of sp³-hybridized carbons (Fsp3) is 0.900. The highest BCUT2D eigenvalue weighted by atomic mass is 16.6. The van der Waals surface area contributed by atoms with Gasteiger partial charge in [-0.1, -0.05) is 0 Å². The minimum absolute atomic E-state index is 0.432. The Morgan fingerprint density at radius 1 is 1.71 bits per heavy atom. The molecule has 0 bridgehead atoms. The zero-order valence-corrected chi connectivity index (χ0v) is 8.73. The van der Waals surface area contributed by atoms with Gasteiger partial charge in [0, 0.05) is 10.6 Å². The summed E-state index contributed by atoms with van der Waals surface area (Å²) in [4.78, 5) is 12.8. The lowest BCUT2D eigenvalue weighted by molar-refractivity contribution is 0.0176. The lowest BCUT2D eigenvalue weighted by Gasteiger charge is -2.27. The molecule has 1 fully saturated rings. The van der Waals surface area contributed by atoms with Crippen LogP contribution in [0.15, 0.2) is 0 Å². The molecule has 1 saturated heterocycles. The van der Waals surface area contributed by atoms with Gasteiger partial charge in [-0.15, -0.1) is 0 Å². The highest BCUT2D eigenvalue weighted by Gasteiger charge is 2.31. The summed E-state index contributed by atoms with van der Waals surface area (Å²) in [6.07, 6.45) is -2.77. The van der Waals surface area contributed by atoms with Crippen LogP contribution in [0.3, 0.4) is 0 Å². The summed E-state index contributed by atoms with van der Waals surface area (Å²) < 4.78 is 28.1. The van der Waals surface area contributed by atoms with Crippen molar-refractivity contribution in [1.29, 1.82) is 0 Å². The van der Waals surface area contributed by atoms with E-state index in [2.05, 4.69) is 0 Å². The van der Waals surface area contributed by atoms with E-state index in [-0.39, 0.29) is 0 Å². The number of ether oxygens (including phenoxy) is 1. The third kappa shape index (κ3) is 2.87. The fourth-order valence-corrected chi connectivity index (χ4v) is 1.13. The number of carbonyl (C=O) groups is 1. The van der Waals surface area contributed by atoms with Crippen LogP contribution >= 0.6 is 0 Å². The average Bonchev–Trinajstić information content (AvgIpc) is 2.39. The molecular weight excluding hydrogens is 182 g/mol. The van der Waals surface area contributed by atoms with Crippen LogP contribution in [0, 0.1) is 0 Å². The second-order valence-electron chi connectivity index (χ2n) is 4.17. The Kier molecular flexibility index (Phi) is 2.24. The topological polar surface area (TPSA) is 49.8 Å². The van der Waals surface area contributed by atoms with Crippen LogP contribution in [-0.2, 0) is 4.74 Å². The molecule has 1 N–H and O–H groups in total. The van der Waals surface area contributed by atoms with E-state index in [4.69, 9.17) is 14.0 Å². The van der Waals surface area contributed by atoms with Gasteiger partial charge in [0.25, 0.3) is 0 Å².